The predicted octanol–water partition coefficient (Wildman–Crippen LogP) is 5.17. The molecule has 2 heterocycles. The Morgan fingerprint density at radius 1 is 0.862 bits per heavy atom. The first-order valence-corrected chi connectivity index (χ1v) is 10.5. The van der Waals surface area contributed by atoms with Gasteiger partial charge in [0, 0.05) is 37.1 Å². The van der Waals surface area contributed by atoms with E-state index < -0.39 is 0 Å². The maximum Gasteiger partial charge on any atom is 0.136 e. The minimum atomic E-state index is 0.752. The van der Waals surface area contributed by atoms with Gasteiger partial charge < -0.3 is 15.5 Å². The van der Waals surface area contributed by atoms with Gasteiger partial charge in [-0.1, -0.05) is 30.3 Å². The number of nitrogens with one attached hydrogen (secondary N) is 2. The lowest BCUT2D eigenvalue weighted by atomic mass is 10.1. The molecule has 0 amide bonds. The SMILES string of the molecule is Cc1nc(NCCc2ccccc2)cc(Nc2ccc(N3CCCCC3)cc2)n1. The Morgan fingerprint density at radius 3 is 2.34 bits per heavy atom. The molecule has 3 aromatic rings. The summed E-state index contributed by atoms with van der Waals surface area (Å²) < 4.78 is 0. The molecule has 1 aliphatic heterocycles. The summed E-state index contributed by atoms with van der Waals surface area (Å²) in [7, 11) is 0. The van der Waals surface area contributed by atoms with Gasteiger partial charge in [-0.25, -0.2) is 9.97 Å². The highest BCUT2D eigenvalue weighted by Gasteiger charge is 2.10. The first kappa shape index (κ1) is 19.2. The molecule has 1 aliphatic rings. The Balaban J connectivity index is 1.37. The second kappa shape index (κ2) is 9.41. The van der Waals surface area contributed by atoms with Crippen LogP contribution in [0.2, 0.25) is 0 Å². The highest BCUT2D eigenvalue weighted by atomic mass is 15.1. The third-order valence-corrected chi connectivity index (χ3v) is 5.26. The molecule has 0 atom stereocenters. The van der Waals surface area contributed by atoms with Crippen molar-refractivity contribution in [1.82, 2.24) is 9.97 Å². The lowest BCUT2D eigenvalue weighted by Gasteiger charge is -2.28. The van der Waals surface area contributed by atoms with Crippen molar-refractivity contribution in [2.24, 2.45) is 0 Å². The van der Waals surface area contributed by atoms with Crippen LogP contribution in [0, 0.1) is 6.92 Å². The Bertz CT molecular complexity index is 902. The molecule has 0 saturated carbocycles. The molecule has 0 aliphatic carbocycles. The second-order valence-electron chi connectivity index (χ2n) is 7.57. The number of aromatic nitrogens is 2. The monoisotopic (exact) mass is 387 g/mol. The maximum atomic E-state index is 4.54. The third-order valence-electron chi connectivity index (χ3n) is 5.26. The lowest BCUT2D eigenvalue weighted by molar-refractivity contribution is 0.578. The van der Waals surface area contributed by atoms with Gasteiger partial charge in [0.15, 0.2) is 0 Å². The van der Waals surface area contributed by atoms with Crippen molar-refractivity contribution in [3.05, 3.63) is 72.1 Å². The van der Waals surface area contributed by atoms with E-state index in [9.17, 15) is 0 Å². The van der Waals surface area contributed by atoms with Gasteiger partial charge in [0.2, 0.25) is 0 Å². The zero-order valence-corrected chi connectivity index (χ0v) is 17.1. The van der Waals surface area contributed by atoms with Gasteiger partial charge in [-0.15, -0.1) is 0 Å². The lowest BCUT2D eigenvalue weighted by Crippen LogP contribution is -2.29. The molecule has 0 bridgehead atoms. The summed E-state index contributed by atoms with van der Waals surface area (Å²) in [5.74, 6) is 2.41. The topological polar surface area (TPSA) is 53.1 Å². The van der Waals surface area contributed by atoms with Crippen molar-refractivity contribution >= 4 is 23.0 Å². The standard InChI is InChI=1S/C24H29N5/c1-19-26-23(25-15-14-20-8-4-2-5-9-20)18-24(27-19)28-21-10-12-22(13-11-21)29-16-6-3-7-17-29/h2,4-5,8-13,18H,3,6-7,14-17H2,1H3,(H2,25,26,27,28). The highest BCUT2D eigenvalue weighted by molar-refractivity contribution is 5.62. The predicted molar refractivity (Wildman–Crippen MR) is 121 cm³/mol. The number of hydrogen-bond donors (Lipinski definition) is 2. The Labute approximate surface area is 173 Å². The fourth-order valence-corrected chi connectivity index (χ4v) is 3.76. The van der Waals surface area contributed by atoms with Crippen molar-refractivity contribution in [2.45, 2.75) is 32.6 Å². The average Bonchev–Trinajstić information content (AvgIpc) is 2.75. The van der Waals surface area contributed by atoms with Crippen molar-refractivity contribution in [3.63, 3.8) is 0 Å². The van der Waals surface area contributed by atoms with Crippen molar-refractivity contribution in [2.75, 3.05) is 35.2 Å². The minimum absolute atomic E-state index is 0.752. The summed E-state index contributed by atoms with van der Waals surface area (Å²) in [6, 6.07) is 21.1. The summed E-state index contributed by atoms with van der Waals surface area (Å²) in [6.45, 7) is 5.09. The van der Waals surface area contributed by atoms with Gasteiger partial charge in [0.05, 0.1) is 0 Å². The molecule has 0 radical (unpaired) electrons. The van der Waals surface area contributed by atoms with E-state index in [1.165, 1.54) is 30.5 Å². The zero-order chi connectivity index (χ0) is 19.9. The molecule has 1 aromatic heterocycles. The number of piperidine rings is 1. The van der Waals surface area contributed by atoms with Gasteiger partial charge in [0.1, 0.15) is 17.5 Å². The number of benzene rings is 2. The summed E-state index contributed by atoms with van der Waals surface area (Å²) in [4.78, 5) is 11.5. The number of nitrogens with zero attached hydrogens (tertiary/aromatic N) is 3. The number of anilines is 4. The highest BCUT2D eigenvalue weighted by Crippen LogP contribution is 2.24. The van der Waals surface area contributed by atoms with Crippen LogP contribution in [-0.4, -0.2) is 29.6 Å². The molecule has 2 N–H and O–H groups in total. The normalized spacial score (nSPS) is 13.9. The molecule has 1 fully saturated rings. The molecule has 5 heteroatoms. The largest absolute Gasteiger partial charge is 0.372 e. The smallest absolute Gasteiger partial charge is 0.136 e. The van der Waals surface area contributed by atoms with Crippen LogP contribution < -0.4 is 15.5 Å². The van der Waals surface area contributed by atoms with Crippen LogP contribution in [0.25, 0.3) is 0 Å². The first-order valence-electron chi connectivity index (χ1n) is 10.5. The molecule has 29 heavy (non-hydrogen) atoms. The third kappa shape index (κ3) is 5.47. The molecular weight excluding hydrogens is 358 g/mol. The van der Waals surface area contributed by atoms with E-state index in [0.717, 1.165) is 49.2 Å². The molecular formula is C24H29N5. The van der Waals surface area contributed by atoms with Gasteiger partial charge in [-0.3, -0.25) is 0 Å². The first-order chi connectivity index (χ1) is 14.3. The number of aryl methyl sites for hydroxylation is 1. The maximum absolute atomic E-state index is 4.54. The zero-order valence-electron chi connectivity index (χ0n) is 17.1. The van der Waals surface area contributed by atoms with Gasteiger partial charge in [-0.05, 0) is 62.4 Å². The van der Waals surface area contributed by atoms with Gasteiger partial charge in [0.25, 0.3) is 0 Å². The van der Waals surface area contributed by atoms with E-state index in [1.807, 2.05) is 19.1 Å². The van der Waals surface area contributed by atoms with Crippen LogP contribution in [0.5, 0.6) is 0 Å². The summed E-state index contributed by atoms with van der Waals surface area (Å²) in [5, 5.41) is 6.83. The minimum Gasteiger partial charge on any atom is -0.372 e. The fourth-order valence-electron chi connectivity index (χ4n) is 3.76. The number of hydrogen-bond acceptors (Lipinski definition) is 5. The van der Waals surface area contributed by atoms with E-state index in [1.54, 1.807) is 0 Å². The summed E-state index contributed by atoms with van der Waals surface area (Å²) >= 11 is 0. The summed E-state index contributed by atoms with van der Waals surface area (Å²) in [5.41, 5.74) is 3.66. The fraction of sp³-hybridized carbons (Fsp3) is 0.333. The van der Waals surface area contributed by atoms with E-state index in [2.05, 4.69) is 74.0 Å². The molecule has 0 unspecified atom stereocenters. The van der Waals surface area contributed by atoms with Gasteiger partial charge >= 0.3 is 0 Å². The Morgan fingerprint density at radius 2 is 1.59 bits per heavy atom. The molecule has 1 saturated heterocycles. The Kier molecular flexibility index (Phi) is 6.25. The van der Waals surface area contributed by atoms with E-state index >= 15 is 0 Å². The van der Waals surface area contributed by atoms with Crippen LogP contribution >= 0.6 is 0 Å². The van der Waals surface area contributed by atoms with Crippen molar-refractivity contribution in [3.8, 4) is 0 Å². The Hall–Kier alpha value is -3.08. The number of rotatable bonds is 7. The van der Waals surface area contributed by atoms with Crippen LogP contribution in [0.1, 0.15) is 30.7 Å². The van der Waals surface area contributed by atoms with Crippen LogP contribution in [0.4, 0.5) is 23.0 Å². The summed E-state index contributed by atoms with van der Waals surface area (Å²) in [6.07, 6.45) is 4.90. The quantitative estimate of drug-likeness (QED) is 0.585. The molecule has 150 valence electrons. The van der Waals surface area contributed by atoms with Crippen LogP contribution in [0.3, 0.4) is 0 Å². The van der Waals surface area contributed by atoms with Gasteiger partial charge in [-0.2, -0.15) is 0 Å². The average molecular weight is 388 g/mol. The van der Waals surface area contributed by atoms with E-state index in [-0.39, 0.29) is 0 Å². The molecule has 4 rings (SSSR count). The van der Waals surface area contributed by atoms with Crippen LogP contribution in [-0.2, 0) is 6.42 Å². The van der Waals surface area contributed by atoms with Crippen LogP contribution in [0.15, 0.2) is 60.7 Å². The molecule has 5 nitrogen and oxygen atoms in total. The van der Waals surface area contributed by atoms with Crippen molar-refractivity contribution < 1.29 is 0 Å². The molecule has 0 spiro atoms. The second-order valence-corrected chi connectivity index (χ2v) is 7.57. The van der Waals surface area contributed by atoms with Crippen molar-refractivity contribution in [1.29, 1.82) is 0 Å². The molecule has 2 aromatic carbocycles. The van der Waals surface area contributed by atoms with E-state index in [0.29, 0.717) is 0 Å². The van der Waals surface area contributed by atoms with E-state index in [4.69, 9.17) is 0 Å².